The van der Waals surface area contributed by atoms with Gasteiger partial charge in [0.15, 0.2) is 0 Å². The molecule has 0 fully saturated rings. The third-order valence-corrected chi connectivity index (χ3v) is 5.53. The van der Waals surface area contributed by atoms with Gasteiger partial charge in [0.25, 0.3) is 0 Å². The first-order chi connectivity index (χ1) is 13.7. The predicted molar refractivity (Wildman–Crippen MR) is 113 cm³/mol. The maximum Gasteiger partial charge on any atom is 0.318 e. The standard InChI is InChI=1S/C23H26N4O/c1-3-20(17-8-12-24-13-9-17)26-23(28)27-14-10-18(11-15-27)22-16(2)25-21-7-5-4-6-19(21)22/h4-10,12-13,20,25H,3,11,14-15H2,1-2H3,(H,26,28). The molecular formula is C23H26N4O. The van der Waals surface area contributed by atoms with Gasteiger partial charge in [0.1, 0.15) is 0 Å². The smallest absolute Gasteiger partial charge is 0.318 e. The molecule has 28 heavy (non-hydrogen) atoms. The van der Waals surface area contributed by atoms with Crippen LogP contribution in [0.15, 0.2) is 54.9 Å². The number of rotatable bonds is 4. The number of aromatic nitrogens is 2. The average Bonchev–Trinajstić information content (AvgIpc) is 3.08. The van der Waals surface area contributed by atoms with Crippen molar-refractivity contribution in [2.24, 2.45) is 0 Å². The Hall–Kier alpha value is -3.08. The van der Waals surface area contributed by atoms with Crippen LogP contribution in [0.2, 0.25) is 0 Å². The van der Waals surface area contributed by atoms with Gasteiger partial charge in [-0.05, 0) is 49.1 Å². The minimum Gasteiger partial charge on any atom is -0.358 e. The first-order valence-corrected chi connectivity index (χ1v) is 9.89. The summed E-state index contributed by atoms with van der Waals surface area (Å²) in [6.07, 6.45) is 7.44. The number of urea groups is 1. The van der Waals surface area contributed by atoms with E-state index in [-0.39, 0.29) is 12.1 Å². The number of hydrogen-bond acceptors (Lipinski definition) is 2. The SMILES string of the molecule is CCC(NC(=O)N1CC=C(c2c(C)[nH]c3ccccc23)CC1)c1ccncc1. The Balaban J connectivity index is 1.47. The van der Waals surface area contributed by atoms with Crippen molar-refractivity contribution >= 4 is 22.5 Å². The second-order valence-electron chi connectivity index (χ2n) is 7.29. The highest BCUT2D eigenvalue weighted by atomic mass is 16.2. The van der Waals surface area contributed by atoms with Crippen LogP contribution < -0.4 is 5.32 Å². The normalized spacial score (nSPS) is 15.4. The molecule has 2 aromatic heterocycles. The number of H-pyrrole nitrogens is 1. The summed E-state index contributed by atoms with van der Waals surface area (Å²) in [5.74, 6) is 0. The summed E-state index contributed by atoms with van der Waals surface area (Å²) in [4.78, 5) is 22.2. The van der Waals surface area contributed by atoms with E-state index in [2.05, 4.69) is 59.5 Å². The Morgan fingerprint density at radius 1 is 1.25 bits per heavy atom. The molecule has 0 saturated heterocycles. The number of aromatic amines is 1. The summed E-state index contributed by atoms with van der Waals surface area (Å²) in [6, 6.07) is 12.3. The van der Waals surface area contributed by atoms with Gasteiger partial charge in [-0.25, -0.2) is 4.79 Å². The Kier molecular flexibility index (Phi) is 5.15. The van der Waals surface area contributed by atoms with E-state index in [1.54, 1.807) is 12.4 Å². The van der Waals surface area contributed by atoms with Gasteiger partial charge in [-0.1, -0.05) is 31.2 Å². The maximum atomic E-state index is 12.8. The average molecular weight is 374 g/mol. The van der Waals surface area contributed by atoms with E-state index < -0.39 is 0 Å². The van der Waals surface area contributed by atoms with E-state index >= 15 is 0 Å². The Morgan fingerprint density at radius 3 is 2.75 bits per heavy atom. The molecule has 1 aliphatic heterocycles. The number of nitrogens with zero attached hydrogens (tertiary/aromatic N) is 2. The van der Waals surface area contributed by atoms with E-state index in [1.165, 1.54) is 27.7 Å². The zero-order chi connectivity index (χ0) is 19.5. The topological polar surface area (TPSA) is 61.0 Å². The van der Waals surface area contributed by atoms with Crippen LogP contribution in [0, 0.1) is 6.92 Å². The quantitative estimate of drug-likeness (QED) is 0.688. The molecule has 1 atom stereocenters. The van der Waals surface area contributed by atoms with Crippen LogP contribution in [-0.2, 0) is 0 Å². The molecule has 5 heteroatoms. The number of nitrogens with one attached hydrogen (secondary N) is 2. The van der Waals surface area contributed by atoms with Crippen LogP contribution in [0.4, 0.5) is 4.79 Å². The fraction of sp³-hybridized carbons (Fsp3) is 0.304. The minimum atomic E-state index is -0.00499. The number of hydrogen-bond donors (Lipinski definition) is 2. The summed E-state index contributed by atoms with van der Waals surface area (Å²) in [6.45, 7) is 5.56. The third kappa shape index (κ3) is 3.52. The van der Waals surface area contributed by atoms with Gasteiger partial charge in [-0.2, -0.15) is 0 Å². The first-order valence-electron chi connectivity index (χ1n) is 9.89. The highest BCUT2D eigenvalue weighted by Crippen LogP contribution is 2.32. The fourth-order valence-corrected chi connectivity index (χ4v) is 4.03. The molecule has 1 aromatic carbocycles. The highest BCUT2D eigenvalue weighted by molar-refractivity contribution is 5.94. The second-order valence-corrected chi connectivity index (χ2v) is 7.29. The molecule has 0 radical (unpaired) electrons. The minimum absolute atomic E-state index is 0.00499. The number of carbonyl (C=O) groups is 1. The van der Waals surface area contributed by atoms with Crippen LogP contribution in [0.5, 0.6) is 0 Å². The highest BCUT2D eigenvalue weighted by Gasteiger charge is 2.22. The number of amides is 2. The van der Waals surface area contributed by atoms with Crippen molar-refractivity contribution in [3.05, 3.63) is 71.7 Å². The van der Waals surface area contributed by atoms with Gasteiger partial charge in [0, 0.05) is 47.6 Å². The van der Waals surface area contributed by atoms with E-state index in [0.29, 0.717) is 6.54 Å². The Bertz CT molecular complexity index is 1010. The van der Waals surface area contributed by atoms with E-state index in [9.17, 15) is 4.79 Å². The lowest BCUT2D eigenvalue weighted by Gasteiger charge is -2.29. The molecule has 3 heterocycles. The molecule has 0 saturated carbocycles. The van der Waals surface area contributed by atoms with Crippen molar-refractivity contribution in [1.29, 1.82) is 0 Å². The molecule has 1 unspecified atom stereocenters. The summed E-state index contributed by atoms with van der Waals surface area (Å²) in [5.41, 5.74) is 6.06. The lowest BCUT2D eigenvalue weighted by atomic mass is 9.97. The molecule has 2 amide bonds. The lowest BCUT2D eigenvalue weighted by Crippen LogP contribution is -2.43. The molecule has 4 rings (SSSR count). The van der Waals surface area contributed by atoms with Gasteiger partial charge in [0.2, 0.25) is 0 Å². The van der Waals surface area contributed by atoms with Crippen molar-refractivity contribution in [2.45, 2.75) is 32.7 Å². The zero-order valence-electron chi connectivity index (χ0n) is 16.4. The Morgan fingerprint density at radius 2 is 2.04 bits per heavy atom. The maximum absolute atomic E-state index is 12.8. The van der Waals surface area contributed by atoms with E-state index in [4.69, 9.17) is 0 Å². The number of fused-ring (bicyclic) bond motifs is 1. The van der Waals surface area contributed by atoms with E-state index in [0.717, 1.165) is 24.9 Å². The lowest BCUT2D eigenvalue weighted by molar-refractivity contribution is 0.198. The summed E-state index contributed by atoms with van der Waals surface area (Å²) >= 11 is 0. The molecule has 2 N–H and O–H groups in total. The molecule has 144 valence electrons. The number of carbonyl (C=O) groups excluding carboxylic acids is 1. The number of benzene rings is 1. The molecule has 3 aromatic rings. The number of para-hydroxylation sites is 1. The van der Waals surface area contributed by atoms with Gasteiger partial charge in [0.05, 0.1) is 6.04 Å². The molecule has 0 spiro atoms. The van der Waals surface area contributed by atoms with Gasteiger partial charge >= 0.3 is 6.03 Å². The van der Waals surface area contributed by atoms with Crippen molar-refractivity contribution in [2.75, 3.05) is 13.1 Å². The molecular weight excluding hydrogens is 348 g/mol. The van der Waals surface area contributed by atoms with Crippen LogP contribution in [-0.4, -0.2) is 34.0 Å². The summed E-state index contributed by atoms with van der Waals surface area (Å²) in [7, 11) is 0. The zero-order valence-corrected chi connectivity index (χ0v) is 16.4. The van der Waals surface area contributed by atoms with Crippen LogP contribution in [0.25, 0.3) is 16.5 Å². The van der Waals surface area contributed by atoms with Gasteiger partial charge in [-0.3, -0.25) is 4.98 Å². The largest absolute Gasteiger partial charge is 0.358 e. The summed E-state index contributed by atoms with van der Waals surface area (Å²) in [5, 5.41) is 4.42. The van der Waals surface area contributed by atoms with Crippen molar-refractivity contribution in [3.8, 4) is 0 Å². The van der Waals surface area contributed by atoms with E-state index in [1.807, 2.05) is 17.0 Å². The third-order valence-electron chi connectivity index (χ3n) is 5.53. The first kappa shape index (κ1) is 18.3. The predicted octanol–water partition coefficient (Wildman–Crippen LogP) is 4.82. The number of aryl methyl sites for hydroxylation is 1. The molecule has 0 aliphatic carbocycles. The van der Waals surface area contributed by atoms with Gasteiger partial charge < -0.3 is 15.2 Å². The molecule has 1 aliphatic rings. The van der Waals surface area contributed by atoms with Crippen molar-refractivity contribution < 1.29 is 4.79 Å². The molecule has 5 nitrogen and oxygen atoms in total. The van der Waals surface area contributed by atoms with Gasteiger partial charge in [-0.15, -0.1) is 0 Å². The van der Waals surface area contributed by atoms with Crippen LogP contribution >= 0.6 is 0 Å². The monoisotopic (exact) mass is 374 g/mol. The number of pyridine rings is 1. The van der Waals surface area contributed by atoms with Crippen molar-refractivity contribution in [3.63, 3.8) is 0 Å². The van der Waals surface area contributed by atoms with Crippen LogP contribution in [0.1, 0.15) is 42.6 Å². The molecule has 0 bridgehead atoms. The van der Waals surface area contributed by atoms with Crippen LogP contribution in [0.3, 0.4) is 0 Å². The fourth-order valence-electron chi connectivity index (χ4n) is 4.03. The summed E-state index contributed by atoms with van der Waals surface area (Å²) < 4.78 is 0. The van der Waals surface area contributed by atoms with Crippen molar-refractivity contribution in [1.82, 2.24) is 20.2 Å². The Labute approximate surface area is 165 Å². The second kappa shape index (κ2) is 7.89.